The van der Waals surface area contributed by atoms with Crippen LogP contribution in [-0.2, 0) is 17.8 Å². The smallest absolute Gasteiger partial charge is 0.266 e. The van der Waals surface area contributed by atoms with E-state index in [2.05, 4.69) is 5.32 Å². The fourth-order valence-corrected chi connectivity index (χ4v) is 2.99. The number of anilines is 1. The third-order valence-corrected chi connectivity index (χ3v) is 4.77. The van der Waals surface area contributed by atoms with Gasteiger partial charge in [0.2, 0.25) is 0 Å². The molecule has 3 aromatic rings. The second-order valence-electron chi connectivity index (χ2n) is 6.62. The number of aryl methyl sites for hydroxylation is 1. The Morgan fingerprint density at radius 3 is 2.43 bits per heavy atom. The van der Waals surface area contributed by atoms with Crippen LogP contribution >= 0.6 is 11.6 Å². The number of hydrogen-bond donors (Lipinski definition) is 1. The van der Waals surface area contributed by atoms with Crippen molar-refractivity contribution in [3.8, 4) is 11.8 Å². The number of nitriles is 1. The number of para-hydroxylation sites is 1. The second-order valence-corrected chi connectivity index (χ2v) is 7.06. The van der Waals surface area contributed by atoms with Crippen molar-refractivity contribution in [1.82, 2.24) is 0 Å². The maximum atomic E-state index is 12.5. The maximum Gasteiger partial charge on any atom is 0.266 e. The van der Waals surface area contributed by atoms with Crippen molar-refractivity contribution in [1.29, 1.82) is 5.26 Å². The first kappa shape index (κ1) is 21.2. The van der Waals surface area contributed by atoms with Gasteiger partial charge in [0.05, 0.1) is 0 Å². The number of amides is 1. The lowest BCUT2D eigenvalue weighted by molar-refractivity contribution is -0.112. The van der Waals surface area contributed by atoms with Crippen molar-refractivity contribution in [3.05, 3.63) is 100 Å². The quantitative estimate of drug-likeness (QED) is 0.378. The molecule has 30 heavy (non-hydrogen) atoms. The summed E-state index contributed by atoms with van der Waals surface area (Å²) >= 11 is 5.88. The highest BCUT2D eigenvalue weighted by Gasteiger charge is 2.11. The highest BCUT2D eigenvalue weighted by Crippen LogP contribution is 2.19. The lowest BCUT2D eigenvalue weighted by atomic mass is 10.1. The SMILES string of the molecule is CCc1ccccc1NC(=O)/C(C#N)=C/c1ccc(OCc2ccc(Cl)cc2)cc1. The predicted molar refractivity (Wildman–Crippen MR) is 120 cm³/mol. The molecule has 0 saturated heterocycles. The number of carbonyl (C=O) groups excluding carboxylic acids is 1. The minimum absolute atomic E-state index is 0.0377. The second kappa shape index (κ2) is 10.3. The van der Waals surface area contributed by atoms with E-state index in [-0.39, 0.29) is 5.57 Å². The van der Waals surface area contributed by atoms with Gasteiger partial charge >= 0.3 is 0 Å². The minimum Gasteiger partial charge on any atom is -0.489 e. The zero-order valence-corrected chi connectivity index (χ0v) is 17.3. The first-order valence-corrected chi connectivity index (χ1v) is 9.95. The standard InChI is InChI=1S/C25H21ClN2O2/c1-2-20-5-3-4-6-24(20)28-25(29)21(16-27)15-18-9-13-23(14-10-18)30-17-19-7-11-22(26)12-8-19/h3-15H,2,17H2,1H3,(H,28,29)/b21-15+. The van der Waals surface area contributed by atoms with Crippen LogP contribution in [0.15, 0.2) is 78.4 Å². The van der Waals surface area contributed by atoms with Gasteiger partial charge in [-0.1, -0.05) is 61.0 Å². The van der Waals surface area contributed by atoms with Crippen LogP contribution in [0.3, 0.4) is 0 Å². The van der Waals surface area contributed by atoms with Crippen molar-refractivity contribution in [2.45, 2.75) is 20.0 Å². The largest absolute Gasteiger partial charge is 0.489 e. The van der Waals surface area contributed by atoms with Crippen LogP contribution in [0.25, 0.3) is 6.08 Å². The molecule has 0 aliphatic heterocycles. The van der Waals surface area contributed by atoms with Gasteiger partial charge < -0.3 is 10.1 Å². The van der Waals surface area contributed by atoms with Gasteiger partial charge in [-0.2, -0.15) is 5.26 Å². The monoisotopic (exact) mass is 416 g/mol. The van der Waals surface area contributed by atoms with Crippen molar-refractivity contribution >= 4 is 29.3 Å². The van der Waals surface area contributed by atoms with Crippen molar-refractivity contribution < 1.29 is 9.53 Å². The van der Waals surface area contributed by atoms with Gasteiger partial charge in [0.25, 0.3) is 5.91 Å². The van der Waals surface area contributed by atoms with Crippen LogP contribution in [-0.4, -0.2) is 5.91 Å². The Hall–Kier alpha value is -3.55. The molecule has 3 aromatic carbocycles. The van der Waals surface area contributed by atoms with Crippen LogP contribution in [0.4, 0.5) is 5.69 Å². The maximum absolute atomic E-state index is 12.5. The average Bonchev–Trinajstić information content (AvgIpc) is 2.78. The summed E-state index contributed by atoms with van der Waals surface area (Å²) in [6.07, 6.45) is 2.35. The summed E-state index contributed by atoms with van der Waals surface area (Å²) in [4.78, 5) is 12.5. The molecule has 0 unspecified atom stereocenters. The minimum atomic E-state index is -0.429. The number of carbonyl (C=O) groups is 1. The Kier molecular flexibility index (Phi) is 7.26. The van der Waals surface area contributed by atoms with Gasteiger partial charge in [0.15, 0.2) is 0 Å². The molecular formula is C25H21ClN2O2. The summed E-state index contributed by atoms with van der Waals surface area (Å²) in [6.45, 7) is 2.44. The Bertz CT molecular complexity index is 1080. The van der Waals surface area contributed by atoms with Crippen LogP contribution < -0.4 is 10.1 Å². The van der Waals surface area contributed by atoms with Gasteiger partial charge in [-0.05, 0) is 59.5 Å². The van der Waals surface area contributed by atoms with Crippen LogP contribution in [0.1, 0.15) is 23.6 Å². The Balaban J connectivity index is 1.66. The van der Waals surface area contributed by atoms with Gasteiger partial charge in [-0.15, -0.1) is 0 Å². The van der Waals surface area contributed by atoms with E-state index in [9.17, 15) is 10.1 Å². The average molecular weight is 417 g/mol. The summed E-state index contributed by atoms with van der Waals surface area (Å²) < 4.78 is 5.76. The van der Waals surface area contributed by atoms with E-state index in [1.54, 1.807) is 18.2 Å². The molecule has 1 amide bonds. The first-order chi connectivity index (χ1) is 14.6. The fraction of sp³-hybridized carbons (Fsp3) is 0.120. The van der Waals surface area contributed by atoms with E-state index in [4.69, 9.17) is 16.3 Å². The molecule has 1 N–H and O–H groups in total. The van der Waals surface area contributed by atoms with E-state index in [1.165, 1.54) is 0 Å². The fourth-order valence-electron chi connectivity index (χ4n) is 2.86. The van der Waals surface area contributed by atoms with E-state index in [0.717, 1.165) is 28.8 Å². The summed E-state index contributed by atoms with van der Waals surface area (Å²) in [5, 5.41) is 12.9. The van der Waals surface area contributed by atoms with E-state index >= 15 is 0 Å². The summed E-state index contributed by atoms with van der Waals surface area (Å²) in [6, 6.07) is 24.2. The Labute approximate surface area is 181 Å². The van der Waals surface area contributed by atoms with Gasteiger partial charge in [0.1, 0.15) is 24.0 Å². The number of benzene rings is 3. The van der Waals surface area contributed by atoms with Crippen molar-refractivity contribution in [2.75, 3.05) is 5.32 Å². The number of nitrogens with one attached hydrogen (secondary N) is 1. The number of ether oxygens (including phenoxy) is 1. The lowest BCUT2D eigenvalue weighted by Crippen LogP contribution is -2.14. The van der Waals surface area contributed by atoms with Crippen molar-refractivity contribution in [2.24, 2.45) is 0 Å². The van der Waals surface area contributed by atoms with Gasteiger partial charge in [0, 0.05) is 10.7 Å². The molecule has 0 bridgehead atoms. The topological polar surface area (TPSA) is 62.1 Å². The third kappa shape index (κ3) is 5.73. The third-order valence-electron chi connectivity index (χ3n) is 4.52. The lowest BCUT2D eigenvalue weighted by Gasteiger charge is -2.09. The summed E-state index contributed by atoms with van der Waals surface area (Å²) in [5.74, 6) is 0.267. The molecule has 0 spiro atoms. The first-order valence-electron chi connectivity index (χ1n) is 9.57. The van der Waals surface area contributed by atoms with Crippen molar-refractivity contribution in [3.63, 3.8) is 0 Å². The predicted octanol–water partition coefficient (Wildman–Crippen LogP) is 6.03. The molecule has 0 fully saturated rings. The molecule has 0 saturated carbocycles. The Morgan fingerprint density at radius 1 is 1.07 bits per heavy atom. The number of nitrogens with zero attached hydrogens (tertiary/aromatic N) is 1. The molecule has 0 aromatic heterocycles. The van der Waals surface area contributed by atoms with Crippen LogP contribution in [0.5, 0.6) is 5.75 Å². The summed E-state index contributed by atoms with van der Waals surface area (Å²) in [5.41, 5.74) is 3.53. The molecule has 0 radical (unpaired) electrons. The van der Waals surface area contributed by atoms with Gasteiger partial charge in [-0.25, -0.2) is 0 Å². The van der Waals surface area contributed by atoms with Gasteiger partial charge in [-0.3, -0.25) is 4.79 Å². The normalized spacial score (nSPS) is 10.9. The zero-order valence-electron chi connectivity index (χ0n) is 16.6. The number of halogens is 1. The molecular weight excluding hydrogens is 396 g/mol. The number of rotatable bonds is 7. The highest BCUT2D eigenvalue weighted by atomic mass is 35.5. The molecule has 0 aliphatic carbocycles. The molecule has 0 heterocycles. The molecule has 0 atom stereocenters. The van der Waals surface area contributed by atoms with E-state index in [0.29, 0.717) is 17.4 Å². The molecule has 4 nitrogen and oxygen atoms in total. The Morgan fingerprint density at radius 2 is 1.77 bits per heavy atom. The molecule has 3 rings (SSSR count). The molecule has 150 valence electrons. The van der Waals surface area contributed by atoms with E-state index in [1.807, 2.05) is 73.7 Å². The zero-order chi connectivity index (χ0) is 21.3. The van der Waals surface area contributed by atoms with Crippen LogP contribution in [0.2, 0.25) is 5.02 Å². The van der Waals surface area contributed by atoms with E-state index < -0.39 is 5.91 Å². The highest BCUT2D eigenvalue weighted by molar-refractivity contribution is 6.30. The summed E-state index contributed by atoms with van der Waals surface area (Å²) in [7, 11) is 0. The van der Waals surface area contributed by atoms with Crippen LogP contribution in [0, 0.1) is 11.3 Å². The molecule has 0 aliphatic rings. The molecule has 5 heteroatoms. The number of hydrogen-bond acceptors (Lipinski definition) is 3.